The van der Waals surface area contributed by atoms with Crippen LogP contribution in [-0.4, -0.2) is 55.3 Å². The lowest BCUT2D eigenvalue weighted by Crippen LogP contribution is -2.38. The van der Waals surface area contributed by atoms with Crippen LogP contribution in [0.1, 0.15) is 30.9 Å². The molecule has 0 spiro atoms. The molecule has 0 unspecified atom stereocenters. The molecule has 1 atom stereocenters. The number of amides is 2. The van der Waals surface area contributed by atoms with Gasteiger partial charge in [0, 0.05) is 26.1 Å². The first-order valence-electron chi connectivity index (χ1n) is 7.96. The number of likely N-dealkylation sites (N-methyl/N-ethyl adjacent to an activating group) is 1. The summed E-state index contributed by atoms with van der Waals surface area (Å²) in [6, 6.07) is 5.57. The van der Waals surface area contributed by atoms with Crippen LogP contribution in [0.2, 0.25) is 0 Å². The van der Waals surface area contributed by atoms with Crippen molar-refractivity contribution in [2.24, 2.45) is 0 Å². The van der Waals surface area contributed by atoms with E-state index in [-0.39, 0.29) is 17.6 Å². The normalized spacial score (nSPS) is 16.0. The van der Waals surface area contributed by atoms with Crippen molar-refractivity contribution in [3.05, 3.63) is 35.6 Å². The Balaban J connectivity index is 1.85. The minimum atomic E-state index is -0.529. The summed E-state index contributed by atoms with van der Waals surface area (Å²) in [6.07, 6.45) is 2.28. The van der Waals surface area contributed by atoms with E-state index in [2.05, 4.69) is 5.32 Å². The third-order valence-corrected chi connectivity index (χ3v) is 4.00. The van der Waals surface area contributed by atoms with Crippen LogP contribution in [0, 0.1) is 5.82 Å². The van der Waals surface area contributed by atoms with Crippen molar-refractivity contribution in [1.29, 1.82) is 0 Å². The Hall–Kier alpha value is -1.95. The molecule has 1 fully saturated rings. The number of hydrogen-bond acceptors (Lipinski definition) is 3. The minimum Gasteiger partial charge on any atom is -0.354 e. The number of nitrogens with one attached hydrogen (secondary N) is 1. The van der Waals surface area contributed by atoms with Gasteiger partial charge in [-0.3, -0.25) is 14.5 Å². The molecule has 2 amide bonds. The molecular weight excluding hydrogens is 297 g/mol. The molecule has 1 aliphatic heterocycles. The minimum absolute atomic E-state index is 0.159. The molecule has 0 saturated carbocycles. The van der Waals surface area contributed by atoms with Crippen LogP contribution in [0.15, 0.2) is 24.3 Å². The highest BCUT2D eigenvalue weighted by atomic mass is 19.1. The summed E-state index contributed by atoms with van der Waals surface area (Å²) in [7, 11) is 3.58. The summed E-state index contributed by atoms with van der Waals surface area (Å²) in [6.45, 7) is 1.99. The number of halogens is 1. The third-order valence-electron chi connectivity index (χ3n) is 4.00. The lowest BCUT2D eigenvalue weighted by atomic mass is 10.1. The Bertz CT molecular complexity index is 563. The zero-order valence-electron chi connectivity index (χ0n) is 13.7. The number of carbonyl (C=O) groups excluding carboxylic acids is 2. The Labute approximate surface area is 136 Å². The topological polar surface area (TPSA) is 52.7 Å². The van der Waals surface area contributed by atoms with E-state index < -0.39 is 6.04 Å². The van der Waals surface area contributed by atoms with Crippen molar-refractivity contribution in [3.63, 3.8) is 0 Å². The number of rotatable bonds is 7. The van der Waals surface area contributed by atoms with E-state index in [9.17, 15) is 14.0 Å². The lowest BCUT2D eigenvalue weighted by molar-refractivity contribution is -0.127. The Morgan fingerprint density at radius 2 is 2.22 bits per heavy atom. The molecule has 1 aromatic rings. The summed E-state index contributed by atoms with van der Waals surface area (Å²) in [5.74, 6) is -0.315. The molecule has 5 nitrogen and oxygen atoms in total. The maximum atomic E-state index is 13.4. The molecule has 1 heterocycles. The van der Waals surface area contributed by atoms with Crippen LogP contribution in [-0.2, 0) is 9.59 Å². The summed E-state index contributed by atoms with van der Waals surface area (Å²) >= 11 is 0. The van der Waals surface area contributed by atoms with Gasteiger partial charge in [0.15, 0.2) is 0 Å². The van der Waals surface area contributed by atoms with Gasteiger partial charge in [-0.1, -0.05) is 12.1 Å². The molecule has 6 heteroatoms. The molecule has 2 rings (SSSR count). The molecule has 0 bridgehead atoms. The average Bonchev–Trinajstić information content (AvgIpc) is 2.89. The van der Waals surface area contributed by atoms with Gasteiger partial charge in [-0.05, 0) is 44.6 Å². The number of carbonyl (C=O) groups is 2. The highest BCUT2D eigenvalue weighted by Gasteiger charge is 2.23. The molecular formula is C17H24FN3O2. The van der Waals surface area contributed by atoms with Crippen molar-refractivity contribution in [1.82, 2.24) is 15.1 Å². The van der Waals surface area contributed by atoms with Crippen molar-refractivity contribution in [3.8, 4) is 0 Å². The van der Waals surface area contributed by atoms with Gasteiger partial charge in [0.2, 0.25) is 11.8 Å². The standard InChI is InChI=1S/C17H24FN3O2/c1-20(2)16(13-6-3-7-14(18)12-13)17(23)19-9-5-11-21-10-4-8-15(21)22/h3,6-7,12,16H,4-5,8-11H2,1-2H3,(H,19,23)/t16-/m0/s1. The predicted molar refractivity (Wildman–Crippen MR) is 86.3 cm³/mol. The van der Waals surface area contributed by atoms with Crippen LogP contribution in [0.4, 0.5) is 4.39 Å². The molecule has 0 radical (unpaired) electrons. The molecule has 1 saturated heterocycles. The fourth-order valence-electron chi connectivity index (χ4n) is 2.88. The summed E-state index contributed by atoms with van der Waals surface area (Å²) < 4.78 is 13.4. The number of nitrogens with zero attached hydrogens (tertiary/aromatic N) is 2. The predicted octanol–water partition coefficient (Wildman–Crippen LogP) is 1.56. The van der Waals surface area contributed by atoms with E-state index in [1.807, 2.05) is 4.90 Å². The first-order valence-corrected chi connectivity index (χ1v) is 7.96. The highest BCUT2D eigenvalue weighted by molar-refractivity contribution is 5.83. The van der Waals surface area contributed by atoms with Crippen LogP contribution in [0.5, 0.6) is 0 Å². The van der Waals surface area contributed by atoms with Crippen LogP contribution < -0.4 is 5.32 Å². The van der Waals surface area contributed by atoms with Crippen LogP contribution >= 0.6 is 0 Å². The fraction of sp³-hybridized carbons (Fsp3) is 0.529. The second-order valence-electron chi connectivity index (χ2n) is 6.05. The maximum Gasteiger partial charge on any atom is 0.241 e. The second-order valence-corrected chi connectivity index (χ2v) is 6.05. The monoisotopic (exact) mass is 321 g/mol. The largest absolute Gasteiger partial charge is 0.354 e. The zero-order chi connectivity index (χ0) is 16.8. The van der Waals surface area contributed by atoms with Crippen molar-refractivity contribution in [2.45, 2.75) is 25.3 Å². The molecule has 126 valence electrons. The van der Waals surface area contributed by atoms with Gasteiger partial charge in [-0.2, -0.15) is 0 Å². The van der Waals surface area contributed by atoms with E-state index in [0.29, 0.717) is 25.1 Å². The lowest BCUT2D eigenvalue weighted by Gasteiger charge is -2.24. The highest BCUT2D eigenvalue weighted by Crippen LogP contribution is 2.19. The molecule has 0 aliphatic carbocycles. The van der Waals surface area contributed by atoms with Gasteiger partial charge in [0.1, 0.15) is 11.9 Å². The maximum absolute atomic E-state index is 13.4. The molecule has 1 aromatic carbocycles. The van der Waals surface area contributed by atoms with Gasteiger partial charge < -0.3 is 10.2 Å². The van der Waals surface area contributed by atoms with Gasteiger partial charge in [0.25, 0.3) is 0 Å². The Morgan fingerprint density at radius 1 is 1.43 bits per heavy atom. The summed E-state index contributed by atoms with van der Waals surface area (Å²) in [5, 5.41) is 2.88. The van der Waals surface area contributed by atoms with Gasteiger partial charge in [-0.15, -0.1) is 0 Å². The first kappa shape index (κ1) is 17.4. The van der Waals surface area contributed by atoms with Gasteiger partial charge in [0.05, 0.1) is 0 Å². The van der Waals surface area contributed by atoms with Gasteiger partial charge in [-0.25, -0.2) is 4.39 Å². The van der Waals surface area contributed by atoms with Crippen molar-refractivity contribution < 1.29 is 14.0 Å². The Morgan fingerprint density at radius 3 is 2.83 bits per heavy atom. The van der Waals surface area contributed by atoms with Crippen molar-refractivity contribution >= 4 is 11.8 Å². The Kier molecular flexibility index (Phi) is 6.10. The third kappa shape index (κ3) is 4.76. The summed E-state index contributed by atoms with van der Waals surface area (Å²) in [4.78, 5) is 27.5. The van der Waals surface area contributed by atoms with Crippen LogP contribution in [0.3, 0.4) is 0 Å². The van der Waals surface area contributed by atoms with E-state index in [1.54, 1.807) is 31.1 Å². The molecule has 1 aliphatic rings. The van der Waals surface area contributed by atoms with Gasteiger partial charge >= 0.3 is 0 Å². The smallest absolute Gasteiger partial charge is 0.241 e. The van der Waals surface area contributed by atoms with E-state index in [1.165, 1.54) is 12.1 Å². The van der Waals surface area contributed by atoms with Crippen molar-refractivity contribution in [2.75, 3.05) is 33.7 Å². The second kappa shape index (κ2) is 8.06. The van der Waals surface area contributed by atoms with E-state index in [0.717, 1.165) is 19.4 Å². The van der Waals surface area contributed by atoms with Crippen LogP contribution in [0.25, 0.3) is 0 Å². The molecule has 0 aromatic heterocycles. The number of hydrogen-bond donors (Lipinski definition) is 1. The van der Waals surface area contributed by atoms with E-state index in [4.69, 9.17) is 0 Å². The molecule has 1 N–H and O–H groups in total. The first-order chi connectivity index (χ1) is 11.0. The molecule has 23 heavy (non-hydrogen) atoms. The SMILES string of the molecule is CN(C)[C@H](C(=O)NCCCN1CCCC1=O)c1cccc(F)c1. The quantitative estimate of drug-likeness (QED) is 0.776. The average molecular weight is 321 g/mol. The number of benzene rings is 1. The number of likely N-dealkylation sites (tertiary alicyclic amines) is 1. The fourth-order valence-corrected chi connectivity index (χ4v) is 2.88. The van der Waals surface area contributed by atoms with E-state index >= 15 is 0 Å². The summed E-state index contributed by atoms with van der Waals surface area (Å²) in [5.41, 5.74) is 0.627. The zero-order valence-corrected chi connectivity index (χ0v) is 13.7.